The van der Waals surface area contributed by atoms with Gasteiger partial charge in [0, 0.05) is 19.3 Å². The zero-order valence-corrected chi connectivity index (χ0v) is 16.9. The highest BCUT2D eigenvalue weighted by Crippen LogP contribution is 2.29. The summed E-state index contributed by atoms with van der Waals surface area (Å²) in [7, 11) is 0. The number of pyridine rings is 1. The van der Waals surface area contributed by atoms with Crippen LogP contribution in [0.2, 0.25) is 0 Å². The molecule has 2 N–H and O–H groups in total. The average molecular weight is 414 g/mol. The molecule has 1 amide bonds. The van der Waals surface area contributed by atoms with Crippen LogP contribution < -0.4 is 15.2 Å². The Labute approximate surface area is 180 Å². The van der Waals surface area contributed by atoms with E-state index in [9.17, 15) is 4.79 Å². The first-order chi connectivity index (χ1) is 15.1. The molecule has 0 bridgehead atoms. The highest BCUT2D eigenvalue weighted by molar-refractivity contribution is 5.95. The number of carbonyl (C=O) groups excluding carboxylic acids is 1. The Bertz CT molecular complexity index is 1090. The summed E-state index contributed by atoms with van der Waals surface area (Å²) in [6.45, 7) is 1.49. The van der Waals surface area contributed by atoms with Crippen LogP contribution in [0.15, 0.2) is 66.9 Å². The van der Waals surface area contributed by atoms with Crippen molar-refractivity contribution in [3.8, 4) is 29.3 Å². The number of hydrogen-bond acceptors (Lipinski definition) is 6. The van der Waals surface area contributed by atoms with Crippen molar-refractivity contribution in [2.24, 2.45) is 11.7 Å². The third kappa shape index (κ3) is 5.11. The zero-order chi connectivity index (χ0) is 21.6. The van der Waals surface area contributed by atoms with E-state index in [0.29, 0.717) is 17.4 Å². The van der Waals surface area contributed by atoms with E-state index >= 15 is 0 Å². The van der Waals surface area contributed by atoms with Gasteiger partial charge >= 0.3 is 0 Å². The minimum Gasteiger partial charge on any atom is -0.457 e. The van der Waals surface area contributed by atoms with Crippen LogP contribution in [-0.4, -0.2) is 28.9 Å². The highest BCUT2D eigenvalue weighted by atomic mass is 16.5. The van der Waals surface area contributed by atoms with Gasteiger partial charge < -0.3 is 20.1 Å². The molecule has 1 fully saturated rings. The van der Waals surface area contributed by atoms with Gasteiger partial charge in [-0.05, 0) is 66.8 Å². The molecule has 156 valence electrons. The van der Waals surface area contributed by atoms with Crippen LogP contribution in [0.25, 0.3) is 0 Å². The highest BCUT2D eigenvalue weighted by Gasteiger charge is 2.23. The van der Waals surface area contributed by atoms with Crippen molar-refractivity contribution < 1.29 is 14.3 Å². The largest absolute Gasteiger partial charge is 0.457 e. The molecule has 1 aliphatic heterocycles. The fraction of sp³-hybridized carbons (Fsp3) is 0.208. The molecule has 1 unspecified atom stereocenters. The third-order valence-corrected chi connectivity index (χ3v) is 5.14. The van der Waals surface area contributed by atoms with Gasteiger partial charge in [-0.2, -0.15) is 5.26 Å². The second-order valence-electron chi connectivity index (χ2n) is 7.45. The van der Waals surface area contributed by atoms with Crippen LogP contribution in [0.5, 0.6) is 23.1 Å². The molecule has 31 heavy (non-hydrogen) atoms. The number of nitrogens with two attached hydrogens (primary N) is 1. The fourth-order valence-electron chi connectivity index (χ4n) is 3.60. The normalized spacial score (nSPS) is 15.3. The Morgan fingerprint density at radius 2 is 1.77 bits per heavy atom. The van der Waals surface area contributed by atoms with E-state index in [2.05, 4.69) is 11.2 Å². The topological polar surface area (TPSA) is 101 Å². The van der Waals surface area contributed by atoms with Crippen molar-refractivity contribution >= 4 is 5.91 Å². The number of ether oxygens (including phenoxy) is 2. The Kier molecular flexibility index (Phi) is 5.99. The third-order valence-electron chi connectivity index (χ3n) is 5.14. The second-order valence-corrected chi connectivity index (χ2v) is 7.45. The number of hydrogen-bond donors (Lipinski definition) is 1. The van der Waals surface area contributed by atoms with E-state index in [0.717, 1.165) is 37.2 Å². The van der Waals surface area contributed by atoms with Crippen molar-refractivity contribution in [3.63, 3.8) is 0 Å². The molecular formula is C24H22N4O3. The lowest BCUT2D eigenvalue weighted by Crippen LogP contribution is -2.16. The van der Waals surface area contributed by atoms with Gasteiger partial charge in [-0.3, -0.25) is 4.79 Å². The number of primary amides is 1. The molecule has 0 radical (unpaired) electrons. The molecule has 0 spiro atoms. The predicted octanol–water partition coefficient (Wildman–Crippen LogP) is 4.11. The Morgan fingerprint density at radius 1 is 1.10 bits per heavy atom. The van der Waals surface area contributed by atoms with Crippen LogP contribution in [0.1, 0.15) is 22.3 Å². The first-order valence-corrected chi connectivity index (χ1v) is 10.0. The summed E-state index contributed by atoms with van der Waals surface area (Å²) in [5, 5.41) is 9.01. The monoisotopic (exact) mass is 414 g/mol. The van der Waals surface area contributed by atoms with Gasteiger partial charge in [-0.15, -0.1) is 0 Å². The van der Waals surface area contributed by atoms with Gasteiger partial charge in [-0.1, -0.05) is 18.2 Å². The van der Waals surface area contributed by atoms with E-state index in [4.69, 9.17) is 20.5 Å². The lowest BCUT2D eigenvalue weighted by atomic mass is 9.99. The van der Waals surface area contributed by atoms with Crippen LogP contribution >= 0.6 is 0 Å². The lowest BCUT2D eigenvalue weighted by molar-refractivity contribution is 0.0997. The molecule has 2 aromatic carbocycles. The summed E-state index contributed by atoms with van der Waals surface area (Å²) in [4.78, 5) is 18.1. The molecule has 4 rings (SSSR count). The van der Waals surface area contributed by atoms with Crippen LogP contribution in [0, 0.1) is 17.4 Å². The maximum Gasteiger partial charge on any atom is 0.254 e. The van der Waals surface area contributed by atoms with Gasteiger partial charge in [0.25, 0.3) is 5.91 Å². The van der Waals surface area contributed by atoms with Crippen molar-refractivity contribution in [3.05, 3.63) is 78.0 Å². The van der Waals surface area contributed by atoms with E-state index < -0.39 is 5.91 Å². The first kappa shape index (κ1) is 20.2. The number of nitriles is 1. The number of rotatable bonds is 7. The molecular weight excluding hydrogens is 392 g/mol. The van der Waals surface area contributed by atoms with Crippen LogP contribution in [-0.2, 0) is 6.42 Å². The maximum atomic E-state index is 12.0. The Morgan fingerprint density at radius 3 is 2.42 bits per heavy atom. The summed E-state index contributed by atoms with van der Waals surface area (Å²) in [5.41, 5.74) is 6.70. The Hall–Kier alpha value is -4.05. The molecule has 0 saturated carbocycles. The molecule has 1 aliphatic rings. The van der Waals surface area contributed by atoms with Crippen LogP contribution in [0.4, 0.5) is 0 Å². The molecule has 3 aromatic rings. The molecule has 1 saturated heterocycles. The summed E-state index contributed by atoms with van der Waals surface area (Å²) in [6.07, 6.45) is 5.55. The number of aromatic nitrogens is 1. The van der Waals surface area contributed by atoms with Gasteiger partial charge in [-0.25, -0.2) is 4.98 Å². The summed E-state index contributed by atoms with van der Waals surface area (Å²) < 4.78 is 11.6. The smallest absolute Gasteiger partial charge is 0.254 e. The molecule has 0 aliphatic carbocycles. The van der Waals surface area contributed by atoms with Crippen molar-refractivity contribution in [1.82, 2.24) is 9.88 Å². The van der Waals surface area contributed by atoms with Gasteiger partial charge in [0.15, 0.2) is 6.19 Å². The van der Waals surface area contributed by atoms with E-state index in [1.165, 1.54) is 0 Å². The summed E-state index contributed by atoms with van der Waals surface area (Å²) in [6, 6.07) is 18.3. The van der Waals surface area contributed by atoms with Crippen LogP contribution in [0.3, 0.4) is 0 Å². The summed E-state index contributed by atoms with van der Waals surface area (Å²) >= 11 is 0. The second kappa shape index (κ2) is 9.18. The summed E-state index contributed by atoms with van der Waals surface area (Å²) in [5.74, 6) is 1.84. The van der Waals surface area contributed by atoms with Crippen molar-refractivity contribution in [1.29, 1.82) is 5.26 Å². The minimum atomic E-state index is -0.599. The minimum absolute atomic E-state index is 0.165. The van der Waals surface area contributed by atoms with Crippen molar-refractivity contribution in [2.75, 3.05) is 13.1 Å². The van der Waals surface area contributed by atoms with Gasteiger partial charge in [0.05, 0.1) is 0 Å². The van der Waals surface area contributed by atoms with E-state index in [1.54, 1.807) is 41.4 Å². The standard InChI is InChI=1S/C24H22N4O3/c25-16-28-11-10-17(15-28)12-18-13-22(23(26)29)24(27-14-18)31-21-8-6-20(7-9-21)30-19-4-2-1-3-5-19/h1-9,13-14,17H,10-12,15H2,(H2,26,29). The molecule has 1 aromatic heterocycles. The van der Waals surface area contributed by atoms with Gasteiger partial charge in [0.1, 0.15) is 22.8 Å². The molecule has 7 nitrogen and oxygen atoms in total. The number of para-hydroxylation sites is 1. The van der Waals surface area contributed by atoms with Gasteiger partial charge in [0.2, 0.25) is 5.88 Å². The number of amides is 1. The number of nitrogens with zero attached hydrogens (tertiary/aromatic N) is 3. The molecule has 1 atom stereocenters. The first-order valence-electron chi connectivity index (χ1n) is 10.0. The average Bonchev–Trinajstić information content (AvgIpc) is 3.24. The van der Waals surface area contributed by atoms with Crippen molar-refractivity contribution in [2.45, 2.75) is 12.8 Å². The maximum absolute atomic E-state index is 12.0. The zero-order valence-electron chi connectivity index (χ0n) is 16.9. The lowest BCUT2D eigenvalue weighted by Gasteiger charge is -2.13. The predicted molar refractivity (Wildman–Crippen MR) is 115 cm³/mol. The Balaban J connectivity index is 1.45. The molecule has 7 heteroatoms. The van der Waals surface area contributed by atoms with E-state index in [-0.39, 0.29) is 11.4 Å². The number of carbonyl (C=O) groups is 1. The number of likely N-dealkylation sites (tertiary alicyclic amines) is 1. The number of benzene rings is 2. The molecule has 2 heterocycles. The van der Waals surface area contributed by atoms with E-state index in [1.807, 2.05) is 30.3 Å². The quantitative estimate of drug-likeness (QED) is 0.584. The fourth-order valence-corrected chi connectivity index (χ4v) is 3.60. The SMILES string of the molecule is N#CN1CCC(Cc2cnc(Oc3ccc(Oc4ccccc4)cc3)c(C(N)=O)c2)C1.